The predicted molar refractivity (Wildman–Crippen MR) is 127 cm³/mol. The van der Waals surface area contributed by atoms with Crippen molar-refractivity contribution in [2.24, 2.45) is 0 Å². The number of rotatable bonds is 7. The molecule has 1 unspecified atom stereocenters. The third-order valence-corrected chi connectivity index (χ3v) is 5.06. The minimum Gasteiger partial charge on any atom is -0.457 e. The molecule has 160 valence electrons. The standard InChI is InChI=1S/C28H25NO3/c1-20(29-21(2)30)22-8-10-23(11-9-22)24-12-14-26(15-13-24)32-28-18-16-27(17-19-28)31-25-6-4-3-5-7-25/h3-20H,1-2H3,(H,29,30). The molecule has 0 heterocycles. The van der Waals surface area contributed by atoms with Crippen LogP contribution in [0.25, 0.3) is 11.1 Å². The van der Waals surface area contributed by atoms with Gasteiger partial charge in [0.05, 0.1) is 6.04 Å². The van der Waals surface area contributed by atoms with E-state index in [-0.39, 0.29) is 11.9 Å². The van der Waals surface area contributed by atoms with Gasteiger partial charge >= 0.3 is 0 Å². The molecule has 1 atom stereocenters. The summed E-state index contributed by atoms with van der Waals surface area (Å²) in [6.45, 7) is 3.50. The van der Waals surface area contributed by atoms with Gasteiger partial charge in [-0.1, -0.05) is 54.6 Å². The summed E-state index contributed by atoms with van der Waals surface area (Å²) in [6.07, 6.45) is 0. The summed E-state index contributed by atoms with van der Waals surface area (Å²) < 4.78 is 11.8. The van der Waals surface area contributed by atoms with Crippen LogP contribution in [0.1, 0.15) is 25.5 Å². The fourth-order valence-electron chi connectivity index (χ4n) is 3.40. The van der Waals surface area contributed by atoms with Crippen LogP contribution in [0, 0.1) is 0 Å². The van der Waals surface area contributed by atoms with Gasteiger partial charge in [0.15, 0.2) is 0 Å². The van der Waals surface area contributed by atoms with Gasteiger partial charge in [0.1, 0.15) is 23.0 Å². The Kier molecular flexibility index (Phi) is 6.52. The molecule has 0 spiro atoms. The fourth-order valence-corrected chi connectivity index (χ4v) is 3.40. The van der Waals surface area contributed by atoms with E-state index < -0.39 is 0 Å². The third-order valence-electron chi connectivity index (χ3n) is 5.06. The fraction of sp³-hybridized carbons (Fsp3) is 0.107. The van der Waals surface area contributed by atoms with Crippen LogP contribution in [0.5, 0.6) is 23.0 Å². The van der Waals surface area contributed by atoms with Gasteiger partial charge in [-0.3, -0.25) is 4.79 Å². The molecule has 0 saturated heterocycles. The lowest BCUT2D eigenvalue weighted by molar-refractivity contribution is -0.119. The molecule has 0 aromatic heterocycles. The van der Waals surface area contributed by atoms with Crippen molar-refractivity contribution in [3.8, 4) is 34.1 Å². The highest BCUT2D eigenvalue weighted by molar-refractivity contribution is 5.73. The van der Waals surface area contributed by atoms with Crippen molar-refractivity contribution in [1.82, 2.24) is 5.32 Å². The summed E-state index contributed by atoms with van der Waals surface area (Å²) in [5.41, 5.74) is 3.28. The average Bonchev–Trinajstić information content (AvgIpc) is 2.81. The second-order valence-electron chi connectivity index (χ2n) is 7.56. The molecular weight excluding hydrogens is 398 g/mol. The van der Waals surface area contributed by atoms with Gasteiger partial charge in [-0.2, -0.15) is 0 Å². The van der Waals surface area contributed by atoms with Gasteiger partial charge in [-0.25, -0.2) is 0 Å². The zero-order valence-corrected chi connectivity index (χ0v) is 18.1. The molecule has 0 aliphatic heterocycles. The maximum absolute atomic E-state index is 11.2. The van der Waals surface area contributed by atoms with E-state index in [1.165, 1.54) is 6.92 Å². The number of amides is 1. The Morgan fingerprint density at radius 1 is 0.625 bits per heavy atom. The minimum atomic E-state index is -0.0319. The van der Waals surface area contributed by atoms with Crippen molar-refractivity contribution in [2.75, 3.05) is 0 Å². The van der Waals surface area contributed by atoms with Crippen molar-refractivity contribution in [2.45, 2.75) is 19.9 Å². The number of benzene rings is 4. The number of para-hydroxylation sites is 1. The Morgan fingerprint density at radius 3 is 1.50 bits per heavy atom. The number of hydrogen-bond donors (Lipinski definition) is 1. The molecule has 0 aliphatic rings. The zero-order valence-electron chi connectivity index (χ0n) is 18.1. The van der Waals surface area contributed by atoms with Crippen LogP contribution in [-0.4, -0.2) is 5.91 Å². The molecular formula is C28H25NO3. The molecule has 32 heavy (non-hydrogen) atoms. The smallest absolute Gasteiger partial charge is 0.217 e. The molecule has 0 saturated carbocycles. The average molecular weight is 424 g/mol. The van der Waals surface area contributed by atoms with Gasteiger partial charge in [0, 0.05) is 6.92 Å². The second-order valence-corrected chi connectivity index (χ2v) is 7.56. The number of hydrogen-bond acceptors (Lipinski definition) is 3. The van der Waals surface area contributed by atoms with Gasteiger partial charge < -0.3 is 14.8 Å². The first kappa shape index (κ1) is 21.2. The number of carbonyl (C=O) groups is 1. The van der Waals surface area contributed by atoms with Crippen LogP contribution in [0.3, 0.4) is 0 Å². The Labute approximate surface area is 188 Å². The highest BCUT2D eigenvalue weighted by Gasteiger charge is 2.07. The Morgan fingerprint density at radius 2 is 1.03 bits per heavy atom. The van der Waals surface area contributed by atoms with Crippen LogP contribution in [0.4, 0.5) is 0 Å². The predicted octanol–water partition coefficient (Wildman–Crippen LogP) is 7.14. The summed E-state index contributed by atoms with van der Waals surface area (Å²) in [5, 5.41) is 2.90. The van der Waals surface area contributed by atoms with Crippen LogP contribution < -0.4 is 14.8 Å². The van der Waals surface area contributed by atoms with Crippen molar-refractivity contribution in [3.63, 3.8) is 0 Å². The topological polar surface area (TPSA) is 47.6 Å². The zero-order chi connectivity index (χ0) is 22.3. The third kappa shape index (κ3) is 5.55. The van der Waals surface area contributed by atoms with Crippen LogP contribution >= 0.6 is 0 Å². The van der Waals surface area contributed by atoms with Crippen LogP contribution in [0.15, 0.2) is 103 Å². The lowest BCUT2D eigenvalue weighted by Crippen LogP contribution is -2.23. The molecule has 1 N–H and O–H groups in total. The molecule has 0 fully saturated rings. The molecule has 1 amide bonds. The van der Waals surface area contributed by atoms with E-state index in [1.54, 1.807) is 0 Å². The normalized spacial score (nSPS) is 11.4. The Balaban J connectivity index is 1.38. The van der Waals surface area contributed by atoms with E-state index in [9.17, 15) is 4.79 Å². The summed E-state index contributed by atoms with van der Waals surface area (Å²) in [6, 6.07) is 33.4. The summed E-state index contributed by atoms with van der Waals surface area (Å²) in [4.78, 5) is 11.2. The van der Waals surface area contributed by atoms with Crippen LogP contribution in [-0.2, 0) is 4.79 Å². The van der Waals surface area contributed by atoms with E-state index in [0.29, 0.717) is 0 Å². The number of nitrogens with one attached hydrogen (secondary N) is 1. The Hall–Kier alpha value is -4.05. The Bertz CT molecular complexity index is 1150. The summed E-state index contributed by atoms with van der Waals surface area (Å²) in [7, 11) is 0. The van der Waals surface area contributed by atoms with Crippen molar-refractivity contribution >= 4 is 5.91 Å². The molecule has 0 radical (unpaired) electrons. The van der Waals surface area contributed by atoms with E-state index in [2.05, 4.69) is 17.4 Å². The van der Waals surface area contributed by atoms with Crippen LogP contribution in [0.2, 0.25) is 0 Å². The SMILES string of the molecule is CC(=O)NC(C)c1ccc(-c2ccc(Oc3ccc(Oc4ccccc4)cc3)cc2)cc1. The first-order chi connectivity index (χ1) is 15.6. The maximum Gasteiger partial charge on any atom is 0.217 e. The minimum absolute atomic E-state index is 0.0122. The summed E-state index contributed by atoms with van der Waals surface area (Å²) in [5.74, 6) is 3.04. The van der Waals surface area contributed by atoms with Gasteiger partial charge in [-0.15, -0.1) is 0 Å². The molecule has 0 bridgehead atoms. The van der Waals surface area contributed by atoms with Crippen molar-refractivity contribution in [3.05, 3.63) is 109 Å². The van der Waals surface area contributed by atoms with Gasteiger partial charge in [-0.05, 0) is 72.1 Å². The first-order valence-corrected chi connectivity index (χ1v) is 10.6. The molecule has 4 aromatic carbocycles. The molecule has 4 nitrogen and oxygen atoms in total. The first-order valence-electron chi connectivity index (χ1n) is 10.6. The van der Waals surface area contributed by atoms with E-state index in [0.717, 1.165) is 39.7 Å². The lowest BCUT2D eigenvalue weighted by Gasteiger charge is -2.13. The quantitative estimate of drug-likeness (QED) is 0.344. The van der Waals surface area contributed by atoms with Gasteiger partial charge in [0.25, 0.3) is 0 Å². The molecule has 0 aliphatic carbocycles. The highest BCUT2D eigenvalue weighted by atomic mass is 16.5. The van der Waals surface area contributed by atoms with Crippen molar-refractivity contribution < 1.29 is 14.3 Å². The number of carbonyl (C=O) groups excluding carboxylic acids is 1. The van der Waals surface area contributed by atoms with Crippen molar-refractivity contribution in [1.29, 1.82) is 0 Å². The monoisotopic (exact) mass is 423 g/mol. The molecule has 4 rings (SSSR count). The molecule has 4 aromatic rings. The largest absolute Gasteiger partial charge is 0.457 e. The summed E-state index contributed by atoms with van der Waals surface area (Å²) >= 11 is 0. The molecule has 4 heteroatoms. The lowest BCUT2D eigenvalue weighted by atomic mass is 10.0. The van der Waals surface area contributed by atoms with Gasteiger partial charge in [0.2, 0.25) is 5.91 Å². The highest BCUT2D eigenvalue weighted by Crippen LogP contribution is 2.29. The van der Waals surface area contributed by atoms with E-state index >= 15 is 0 Å². The maximum atomic E-state index is 11.2. The van der Waals surface area contributed by atoms with E-state index in [4.69, 9.17) is 9.47 Å². The second kappa shape index (κ2) is 9.84. The number of ether oxygens (including phenoxy) is 2. The van der Waals surface area contributed by atoms with E-state index in [1.807, 2.05) is 97.9 Å².